The summed E-state index contributed by atoms with van der Waals surface area (Å²) in [5, 5.41) is 14.2. The monoisotopic (exact) mass is 677 g/mol. The van der Waals surface area contributed by atoms with E-state index >= 15 is 0 Å². The van der Waals surface area contributed by atoms with Gasteiger partial charge in [0.15, 0.2) is 0 Å². The van der Waals surface area contributed by atoms with Crippen molar-refractivity contribution in [3.8, 4) is 5.75 Å². The van der Waals surface area contributed by atoms with Crippen molar-refractivity contribution in [2.45, 2.75) is 81.5 Å². The zero-order chi connectivity index (χ0) is 33.4. The number of anilines is 1. The van der Waals surface area contributed by atoms with Gasteiger partial charge < -0.3 is 24.8 Å². The van der Waals surface area contributed by atoms with Crippen molar-refractivity contribution in [3.05, 3.63) is 41.3 Å². The molecule has 2 heterocycles. The zero-order valence-corrected chi connectivity index (χ0v) is 27.5. The first-order valence-corrected chi connectivity index (χ1v) is 17.1. The molecule has 252 valence electrons. The molecule has 0 saturated heterocycles. The molecule has 1 aliphatic rings. The van der Waals surface area contributed by atoms with Crippen molar-refractivity contribution >= 4 is 38.9 Å². The lowest BCUT2D eigenvalue weighted by molar-refractivity contribution is -0.142. The number of thiophene rings is 1. The van der Waals surface area contributed by atoms with E-state index in [1.165, 1.54) is 40.5 Å². The number of carbonyl (C=O) groups excluding carboxylic acids is 2. The Hall–Kier alpha value is -2.72. The molecule has 1 aromatic carbocycles. The van der Waals surface area contributed by atoms with Gasteiger partial charge in [-0.25, -0.2) is 8.42 Å². The summed E-state index contributed by atoms with van der Waals surface area (Å²) in [5.74, 6) is -1.55. The van der Waals surface area contributed by atoms with Gasteiger partial charge >= 0.3 is 6.18 Å². The van der Waals surface area contributed by atoms with Crippen molar-refractivity contribution in [2.24, 2.45) is 5.92 Å². The van der Waals surface area contributed by atoms with Gasteiger partial charge in [-0.05, 0) is 62.8 Å². The third kappa shape index (κ3) is 10.7. The number of nitrogens with zero attached hydrogens (tertiary/aromatic N) is 2. The predicted octanol–water partition coefficient (Wildman–Crippen LogP) is 5.15. The third-order valence-corrected chi connectivity index (χ3v) is 10.8. The minimum atomic E-state index is -4.49. The fourth-order valence-electron chi connectivity index (χ4n) is 4.86. The molecule has 4 atom stereocenters. The van der Waals surface area contributed by atoms with Crippen LogP contribution in [-0.4, -0.2) is 92.3 Å². The third-order valence-electron chi connectivity index (χ3n) is 7.57. The molecule has 0 saturated carbocycles. The molecule has 0 spiro atoms. The molecule has 3 rings (SSSR count). The van der Waals surface area contributed by atoms with Crippen LogP contribution in [0.25, 0.3) is 0 Å². The Balaban J connectivity index is 1.94. The maximum absolute atomic E-state index is 14.1. The van der Waals surface area contributed by atoms with Gasteiger partial charge in [-0.15, -0.1) is 11.3 Å². The number of aliphatic hydroxyl groups is 1. The number of alkyl halides is 3. The van der Waals surface area contributed by atoms with E-state index < -0.39 is 53.0 Å². The minimum Gasteiger partial charge on any atom is -0.490 e. The van der Waals surface area contributed by atoms with E-state index in [-0.39, 0.29) is 52.9 Å². The molecule has 10 nitrogen and oxygen atoms in total. The molecule has 0 bridgehead atoms. The van der Waals surface area contributed by atoms with E-state index in [1.807, 2.05) is 13.8 Å². The molecule has 15 heteroatoms. The number of amides is 2. The van der Waals surface area contributed by atoms with E-state index in [4.69, 9.17) is 9.47 Å². The quantitative estimate of drug-likeness (QED) is 0.377. The molecule has 1 aromatic heterocycles. The lowest BCUT2D eigenvalue weighted by Gasteiger charge is -2.35. The van der Waals surface area contributed by atoms with Gasteiger partial charge in [0.05, 0.1) is 36.8 Å². The van der Waals surface area contributed by atoms with Crippen LogP contribution in [-0.2, 0) is 19.6 Å². The summed E-state index contributed by atoms with van der Waals surface area (Å²) in [6, 6.07) is 6.84. The SMILES string of the molecule is C[C@@H]1CCCCO[C@H](CN(C)S(=O)(=O)c2cccs2)[C@@H](C)CN([C@@H](C)CO)C(=O)c2cc(NC(=O)CCC(F)(F)F)ccc2O1. The Bertz CT molecular complexity index is 1370. The molecule has 0 fully saturated rings. The van der Waals surface area contributed by atoms with Gasteiger partial charge in [0, 0.05) is 44.8 Å². The average Bonchev–Trinajstić information content (AvgIpc) is 3.53. The largest absolute Gasteiger partial charge is 0.490 e. The molecule has 0 radical (unpaired) electrons. The molecule has 0 aliphatic carbocycles. The van der Waals surface area contributed by atoms with Crippen LogP contribution >= 0.6 is 11.3 Å². The van der Waals surface area contributed by atoms with Gasteiger partial charge in [-0.2, -0.15) is 17.5 Å². The number of likely N-dealkylation sites (N-methyl/N-ethyl adjacent to an activating group) is 1. The van der Waals surface area contributed by atoms with Gasteiger partial charge in [-0.3, -0.25) is 9.59 Å². The Kier molecular flexibility index (Phi) is 13.2. The Morgan fingerprint density at radius 1 is 1.24 bits per heavy atom. The number of benzene rings is 1. The summed E-state index contributed by atoms with van der Waals surface area (Å²) >= 11 is 1.11. The highest BCUT2D eigenvalue weighted by Gasteiger charge is 2.33. The van der Waals surface area contributed by atoms with Crippen LogP contribution in [0.2, 0.25) is 0 Å². The van der Waals surface area contributed by atoms with Crippen LogP contribution in [0.15, 0.2) is 39.9 Å². The standard InChI is InChI=1S/C30H42F3N3O7S2/c1-20-17-36(21(2)19-37)29(39)24-16-23(34-27(38)12-13-30(31,32)33)10-11-25(24)43-22(3)8-5-6-14-42-26(20)18-35(4)45(40,41)28-9-7-15-44-28/h7,9-11,15-16,20-22,26,37H,5-6,8,12-14,17-19H2,1-4H3,(H,34,38)/t20-,21-,22+,26+/m0/s1. The van der Waals surface area contributed by atoms with Gasteiger partial charge in [-0.1, -0.05) is 13.0 Å². The van der Waals surface area contributed by atoms with Gasteiger partial charge in [0.1, 0.15) is 9.96 Å². The summed E-state index contributed by atoms with van der Waals surface area (Å²) in [6.07, 6.45) is -5.41. The second-order valence-corrected chi connectivity index (χ2v) is 14.6. The van der Waals surface area contributed by atoms with E-state index in [9.17, 15) is 36.3 Å². The van der Waals surface area contributed by atoms with E-state index in [0.717, 1.165) is 17.8 Å². The van der Waals surface area contributed by atoms with Gasteiger partial charge in [0.2, 0.25) is 5.91 Å². The number of hydrogen-bond acceptors (Lipinski definition) is 8. The van der Waals surface area contributed by atoms with Crippen LogP contribution in [0, 0.1) is 5.92 Å². The topological polar surface area (TPSA) is 125 Å². The Morgan fingerprint density at radius 2 is 1.98 bits per heavy atom. The smallest absolute Gasteiger partial charge is 0.389 e. The fraction of sp³-hybridized carbons (Fsp3) is 0.600. The number of sulfonamides is 1. The molecular formula is C30H42F3N3O7S2. The average molecular weight is 678 g/mol. The Morgan fingerprint density at radius 3 is 2.62 bits per heavy atom. The van der Waals surface area contributed by atoms with Crippen molar-refractivity contribution in [1.82, 2.24) is 9.21 Å². The van der Waals surface area contributed by atoms with Crippen LogP contribution in [0.1, 0.15) is 63.2 Å². The first kappa shape index (κ1) is 36.7. The zero-order valence-electron chi connectivity index (χ0n) is 25.9. The molecule has 45 heavy (non-hydrogen) atoms. The second kappa shape index (κ2) is 16.2. The van der Waals surface area contributed by atoms with Crippen LogP contribution in [0.3, 0.4) is 0 Å². The molecule has 0 unspecified atom stereocenters. The summed E-state index contributed by atoms with van der Waals surface area (Å²) < 4.78 is 78.0. The summed E-state index contributed by atoms with van der Waals surface area (Å²) in [6.45, 7) is 5.43. The van der Waals surface area contributed by atoms with Crippen molar-refractivity contribution in [1.29, 1.82) is 0 Å². The number of carbonyl (C=O) groups is 2. The first-order chi connectivity index (χ1) is 21.1. The molecule has 2 aromatic rings. The van der Waals surface area contributed by atoms with Crippen LogP contribution in [0.4, 0.5) is 18.9 Å². The highest BCUT2D eigenvalue weighted by molar-refractivity contribution is 7.91. The predicted molar refractivity (Wildman–Crippen MR) is 165 cm³/mol. The molecular weight excluding hydrogens is 635 g/mol. The Labute approximate surface area is 266 Å². The maximum Gasteiger partial charge on any atom is 0.389 e. The number of nitrogens with one attached hydrogen (secondary N) is 1. The van der Waals surface area contributed by atoms with Crippen molar-refractivity contribution < 1.29 is 45.8 Å². The minimum absolute atomic E-state index is 0.0289. The lowest BCUT2D eigenvalue weighted by Crippen LogP contribution is -2.48. The number of rotatable bonds is 9. The van der Waals surface area contributed by atoms with E-state index in [1.54, 1.807) is 18.4 Å². The number of ether oxygens (including phenoxy) is 2. The normalized spacial score (nSPS) is 21.5. The van der Waals surface area contributed by atoms with Crippen molar-refractivity contribution in [3.63, 3.8) is 0 Å². The van der Waals surface area contributed by atoms with Crippen LogP contribution in [0.5, 0.6) is 5.75 Å². The number of aliphatic hydroxyl groups excluding tert-OH is 1. The highest BCUT2D eigenvalue weighted by Crippen LogP contribution is 2.29. The number of halogens is 3. The molecule has 1 aliphatic heterocycles. The van der Waals surface area contributed by atoms with E-state index in [0.29, 0.717) is 19.4 Å². The molecule has 2 amide bonds. The summed E-state index contributed by atoms with van der Waals surface area (Å²) in [7, 11) is -2.28. The fourth-order valence-corrected chi connectivity index (χ4v) is 7.24. The number of fused-ring (bicyclic) bond motifs is 1. The highest BCUT2D eigenvalue weighted by atomic mass is 32.2. The summed E-state index contributed by atoms with van der Waals surface area (Å²) in [4.78, 5) is 27.8. The molecule has 2 N–H and O–H groups in total. The van der Waals surface area contributed by atoms with Gasteiger partial charge in [0.25, 0.3) is 15.9 Å². The summed E-state index contributed by atoms with van der Waals surface area (Å²) in [5.41, 5.74) is 0.188. The van der Waals surface area contributed by atoms with Crippen molar-refractivity contribution in [2.75, 3.05) is 38.7 Å². The number of hydrogen-bond donors (Lipinski definition) is 2. The first-order valence-electron chi connectivity index (χ1n) is 14.8. The van der Waals surface area contributed by atoms with E-state index in [2.05, 4.69) is 5.32 Å². The lowest BCUT2D eigenvalue weighted by atomic mass is 10.0. The second-order valence-electron chi connectivity index (χ2n) is 11.4. The maximum atomic E-state index is 14.1. The van der Waals surface area contributed by atoms with Crippen LogP contribution < -0.4 is 10.1 Å².